The van der Waals surface area contributed by atoms with Crippen molar-refractivity contribution in [2.75, 3.05) is 19.1 Å². The highest BCUT2D eigenvalue weighted by Gasteiger charge is 2.21. The molecule has 0 fully saturated rings. The summed E-state index contributed by atoms with van der Waals surface area (Å²) in [5, 5.41) is 0. The Kier molecular flexibility index (Phi) is 3.95. The van der Waals surface area contributed by atoms with E-state index >= 15 is 0 Å². The number of methoxy groups -OCH3 is 1. The van der Waals surface area contributed by atoms with Crippen molar-refractivity contribution in [2.24, 2.45) is 0 Å². The molecule has 1 aromatic carbocycles. The van der Waals surface area contributed by atoms with E-state index in [0.29, 0.717) is 11.1 Å². The van der Waals surface area contributed by atoms with Crippen LogP contribution in [0.25, 0.3) is 11.1 Å². The lowest BCUT2D eigenvalue weighted by molar-refractivity contribution is 0.0601. The van der Waals surface area contributed by atoms with Gasteiger partial charge in [-0.05, 0) is 18.2 Å². The molecule has 0 spiro atoms. The number of carbonyl (C=O) groups is 1. The Balaban J connectivity index is 2.77. The number of ether oxygens (including phenoxy) is 1. The maximum absolute atomic E-state index is 12.0. The van der Waals surface area contributed by atoms with Crippen molar-refractivity contribution >= 4 is 21.5 Å². The maximum Gasteiger partial charge on any atom is 0.339 e. The smallest absolute Gasteiger partial charge is 0.339 e. The van der Waals surface area contributed by atoms with Gasteiger partial charge in [0.25, 0.3) is 0 Å². The number of nitrogen functional groups attached to an aromatic ring is 1. The van der Waals surface area contributed by atoms with Crippen molar-refractivity contribution in [1.82, 2.24) is 4.98 Å². The first-order chi connectivity index (χ1) is 9.84. The van der Waals surface area contributed by atoms with Crippen LogP contribution in [0.15, 0.2) is 41.6 Å². The zero-order valence-electron chi connectivity index (χ0n) is 11.5. The van der Waals surface area contributed by atoms with Crippen LogP contribution >= 0.6 is 0 Å². The lowest BCUT2D eigenvalue weighted by atomic mass is 10.0. The Morgan fingerprint density at radius 1 is 1.33 bits per heavy atom. The minimum absolute atomic E-state index is 0.00472. The molecular formula is C14H14N2O4S. The number of rotatable bonds is 3. The van der Waals surface area contributed by atoms with Crippen molar-refractivity contribution in [2.45, 2.75) is 4.90 Å². The number of benzene rings is 1. The highest BCUT2D eigenvalue weighted by molar-refractivity contribution is 7.90. The van der Waals surface area contributed by atoms with Gasteiger partial charge < -0.3 is 10.5 Å². The van der Waals surface area contributed by atoms with Crippen LogP contribution in [0.2, 0.25) is 0 Å². The first-order valence-corrected chi connectivity index (χ1v) is 7.86. The molecule has 0 unspecified atom stereocenters. The van der Waals surface area contributed by atoms with Gasteiger partial charge in [-0.2, -0.15) is 0 Å². The largest absolute Gasteiger partial charge is 0.465 e. The molecule has 21 heavy (non-hydrogen) atoms. The summed E-state index contributed by atoms with van der Waals surface area (Å²) in [7, 11) is -2.35. The van der Waals surface area contributed by atoms with Gasteiger partial charge in [0.15, 0.2) is 9.84 Å². The van der Waals surface area contributed by atoms with Gasteiger partial charge in [0.2, 0.25) is 0 Å². The van der Waals surface area contributed by atoms with Gasteiger partial charge in [-0.15, -0.1) is 0 Å². The number of pyridine rings is 1. The Hall–Kier alpha value is -2.41. The van der Waals surface area contributed by atoms with Gasteiger partial charge in [-0.25, -0.2) is 13.2 Å². The Morgan fingerprint density at radius 3 is 2.57 bits per heavy atom. The lowest BCUT2D eigenvalue weighted by Crippen LogP contribution is -2.09. The van der Waals surface area contributed by atoms with Crippen LogP contribution in [0.5, 0.6) is 0 Å². The molecule has 2 N–H and O–H groups in total. The summed E-state index contributed by atoms with van der Waals surface area (Å²) in [6, 6.07) is 6.08. The molecule has 2 aromatic rings. The molecule has 0 amide bonds. The van der Waals surface area contributed by atoms with Crippen LogP contribution in [-0.4, -0.2) is 32.7 Å². The van der Waals surface area contributed by atoms with Crippen LogP contribution in [0, 0.1) is 0 Å². The number of hydrogen-bond acceptors (Lipinski definition) is 6. The quantitative estimate of drug-likeness (QED) is 0.682. The first kappa shape index (κ1) is 15.0. The average molecular weight is 306 g/mol. The molecule has 1 aromatic heterocycles. The average Bonchev–Trinajstić information content (AvgIpc) is 2.46. The van der Waals surface area contributed by atoms with Crippen LogP contribution in [-0.2, 0) is 14.6 Å². The number of nitrogens with two attached hydrogens (primary N) is 1. The summed E-state index contributed by atoms with van der Waals surface area (Å²) in [6.45, 7) is 0. The molecule has 1 heterocycles. The molecule has 110 valence electrons. The summed E-state index contributed by atoms with van der Waals surface area (Å²) in [5.41, 5.74) is 6.99. The zero-order valence-corrected chi connectivity index (χ0v) is 12.3. The molecule has 0 saturated heterocycles. The molecule has 0 radical (unpaired) electrons. The number of nitrogens with zero attached hydrogens (tertiary/aromatic N) is 1. The maximum atomic E-state index is 12.0. The topological polar surface area (TPSA) is 99.4 Å². The van der Waals surface area contributed by atoms with Gasteiger partial charge in [0.05, 0.1) is 17.6 Å². The third-order valence-electron chi connectivity index (χ3n) is 2.93. The second kappa shape index (κ2) is 5.53. The van der Waals surface area contributed by atoms with Crippen LogP contribution in [0.4, 0.5) is 5.69 Å². The highest BCUT2D eigenvalue weighted by Crippen LogP contribution is 2.31. The molecular weight excluding hydrogens is 292 g/mol. The summed E-state index contributed by atoms with van der Waals surface area (Å²) in [4.78, 5) is 15.6. The number of sulfone groups is 1. The van der Waals surface area contributed by atoms with E-state index in [1.165, 1.54) is 25.4 Å². The van der Waals surface area contributed by atoms with E-state index in [4.69, 9.17) is 5.73 Å². The molecule has 6 nitrogen and oxygen atoms in total. The van der Waals surface area contributed by atoms with Crippen molar-refractivity contribution < 1.29 is 17.9 Å². The van der Waals surface area contributed by atoms with E-state index < -0.39 is 15.8 Å². The molecule has 7 heteroatoms. The number of carbonyl (C=O) groups excluding carboxylic acids is 1. The van der Waals surface area contributed by atoms with E-state index in [2.05, 4.69) is 9.72 Å². The second-order valence-electron chi connectivity index (χ2n) is 4.44. The fourth-order valence-electron chi connectivity index (χ4n) is 1.94. The van der Waals surface area contributed by atoms with Gasteiger partial charge in [0.1, 0.15) is 0 Å². The molecule has 0 aliphatic heterocycles. The third kappa shape index (κ3) is 3.03. The Bertz CT molecular complexity index is 786. The first-order valence-electron chi connectivity index (χ1n) is 5.97. The third-order valence-corrected chi connectivity index (χ3v) is 4.07. The molecule has 0 aliphatic carbocycles. The predicted molar refractivity (Wildman–Crippen MR) is 78.5 cm³/mol. The van der Waals surface area contributed by atoms with Gasteiger partial charge >= 0.3 is 5.97 Å². The monoisotopic (exact) mass is 306 g/mol. The lowest BCUT2D eigenvalue weighted by Gasteiger charge is -2.12. The van der Waals surface area contributed by atoms with E-state index in [9.17, 15) is 13.2 Å². The molecule has 0 saturated carbocycles. The fourth-order valence-corrected chi connectivity index (χ4v) is 2.85. The van der Waals surface area contributed by atoms with E-state index in [1.807, 2.05) is 0 Å². The van der Waals surface area contributed by atoms with Crippen molar-refractivity contribution in [3.05, 3.63) is 42.2 Å². The molecule has 2 rings (SSSR count). The van der Waals surface area contributed by atoms with Crippen LogP contribution < -0.4 is 5.73 Å². The van der Waals surface area contributed by atoms with E-state index in [1.54, 1.807) is 18.3 Å². The number of hydrogen-bond donors (Lipinski definition) is 1. The number of anilines is 1. The zero-order chi connectivity index (χ0) is 15.6. The standard InChI is InChI=1S/C14H14N2O4S/c1-20-14(17)11-7-13(21(2,18)19)10(6-12(11)15)9-4-3-5-16-8-9/h3-8H,15H2,1-2H3. The normalized spacial score (nSPS) is 11.1. The molecule has 0 atom stereocenters. The molecule has 0 aliphatic rings. The highest BCUT2D eigenvalue weighted by atomic mass is 32.2. The van der Waals surface area contributed by atoms with Crippen LogP contribution in [0.1, 0.15) is 10.4 Å². The van der Waals surface area contributed by atoms with Gasteiger partial charge in [-0.1, -0.05) is 6.07 Å². The Labute approximate surface area is 122 Å². The summed E-state index contributed by atoms with van der Waals surface area (Å²) < 4.78 is 28.6. The SMILES string of the molecule is COC(=O)c1cc(S(C)(=O)=O)c(-c2cccnc2)cc1N. The van der Waals surface area contributed by atoms with Crippen molar-refractivity contribution in [3.63, 3.8) is 0 Å². The van der Waals surface area contributed by atoms with Crippen LogP contribution in [0.3, 0.4) is 0 Å². The van der Waals surface area contributed by atoms with Crippen molar-refractivity contribution in [1.29, 1.82) is 0 Å². The van der Waals surface area contributed by atoms with Gasteiger partial charge in [0, 0.05) is 35.5 Å². The fraction of sp³-hybridized carbons (Fsp3) is 0.143. The predicted octanol–water partition coefficient (Wildman–Crippen LogP) is 1.52. The van der Waals surface area contributed by atoms with Gasteiger partial charge in [-0.3, -0.25) is 4.98 Å². The number of esters is 1. The summed E-state index contributed by atoms with van der Waals surface area (Å²) in [6.07, 6.45) is 4.18. The Morgan fingerprint density at radius 2 is 2.05 bits per heavy atom. The molecule has 0 bridgehead atoms. The van der Waals surface area contributed by atoms with E-state index in [-0.39, 0.29) is 16.1 Å². The summed E-state index contributed by atoms with van der Waals surface area (Å²) in [5.74, 6) is -0.685. The number of aromatic nitrogens is 1. The minimum Gasteiger partial charge on any atom is -0.465 e. The van der Waals surface area contributed by atoms with E-state index in [0.717, 1.165) is 6.26 Å². The minimum atomic E-state index is -3.55. The summed E-state index contributed by atoms with van der Waals surface area (Å²) >= 11 is 0. The van der Waals surface area contributed by atoms with Crippen molar-refractivity contribution in [3.8, 4) is 11.1 Å². The second-order valence-corrected chi connectivity index (χ2v) is 6.43.